The molecule has 0 spiro atoms. The van der Waals surface area contributed by atoms with Gasteiger partial charge in [-0.1, -0.05) is 22.4 Å². The Balaban J connectivity index is 1.99. The smallest absolute Gasteiger partial charge is 0.150 e. The number of aldehydes is 1. The van der Waals surface area contributed by atoms with Gasteiger partial charge in [-0.15, -0.1) is 11.8 Å². The van der Waals surface area contributed by atoms with Crippen LogP contribution in [-0.4, -0.2) is 16.6 Å². The first-order valence-corrected chi connectivity index (χ1v) is 5.74. The zero-order valence-corrected chi connectivity index (χ0v) is 9.53. The zero-order chi connectivity index (χ0) is 11.4. The Morgan fingerprint density at radius 1 is 1.31 bits per heavy atom. The average molecular weight is 234 g/mol. The summed E-state index contributed by atoms with van der Waals surface area (Å²) in [5.74, 6) is 0.718. The van der Waals surface area contributed by atoms with Crippen LogP contribution in [0.25, 0.3) is 0 Å². The molecule has 0 saturated heterocycles. The monoisotopic (exact) mass is 234 g/mol. The highest BCUT2D eigenvalue weighted by Crippen LogP contribution is 2.22. The summed E-state index contributed by atoms with van der Waals surface area (Å²) >= 11 is 1.63. The first-order chi connectivity index (χ1) is 7.79. The van der Waals surface area contributed by atoms with Crippen LogP contribution in [0.2, 0.25) is 0 Å². The summed E-state index contributed by atoms with van der Waals surface area (Å²) in [5.41, 5.74) is 2.35. The van der Waals surface area contributed by atoms with Gasteiger partial charge in [-0.25, -0.2) is 4.63 Å². The predicted molar refractivity (Wildman–Crippen MR) is 60.4 cm³/mol. The maximum Gasteiger partial charge on any atom is 0.150 e. The second-order valence-electron chi connectivity index (χ2n) is 3.27. The standard InChI is InChI=1S/C11H10N2O2S/c1-8-11(13-15-12-8)7-16-10-4-2-9(6-14)3-5-10/h2-6H,7H2,1H3. The summed E-state index contributed by atoms with van der Waals surface area (Å²) in [4.78, 5) is 11.6. The van der Waals surface area contributed by atoms with Gasteiger partial charge in [0.15, 0.2) is 0 Å². The van der Waals surface area contributed by atoms with Gasteiger partial charge < -0.3 is 0 Å². The van der Waals surface area contributed by atoms with Gasteiger partial charge in [-0.2, -0.15) is 0 Å². The topological polar surface area (TPSA) is 56.0 Å². The Labute approximate surface area is 97.0 Å². The minimum Gasteiger partial charge on any atom is -0.298 e. The average Bonchev–Trinajstić information content (AvgIpc) is 2.73. The third kappa shape index (κ3) is 2.49. The maximum absolute atomic E-state index is 10.5. The minimum atomic E-state index is 0.684. The quantitative estimate of drug-likeness (QED) is 0.601. The summed E-state index contributed by atoms with van der Waals surface area (Å²) in [6.07, 6.45) is 0.833. The third-order valence-corrected chi connectivity index (χ3v) is 3.16. The molecule has 1 heterocycles. The highest BCUT2D eigenvalue weighted by atomic mass is 32.2. The van der Waals surface area contributed by atoms with Crippen LogP contribution >= 0.6 is 11.8 Å². The molecule has 0 radical (unpaired) electrons. The fraction of sp³-hybridized carbons (Fsp3) is 0.182. The molecule has 0 aliphatic carbocycles. The van der Waals surface area contributed by atoms with E-state index in [1.165, 1.54) is 0 Å². The lowest BCUT2D eigenvalue weighted by Gasteiger charge is -1.99. The molecule has 1 aromatic carbocycles. The normalized spacial score (nSPS) is 10.3. The molecular weight excluding hydrogens is 224 g/mol. The fourth-order valence-corrected chi connectivity index (χ4v) is 2.07. The number of aryl methyl sites for hydroxylation is 1. The predicted octanol–water partition coefficient (Wildman–Crippen LogP) is 2.48. The maximum atomic E-state index is 10.5. The molecule has 0 aliphatic rings. The van der Waals surface area contributed by atoms with Crippen LogP contribution in [0, 0.1) is 6.92 Å². The molecule has 82 valence electrons. The number of benzene rings is 1. The summed E-state index contributed by atoms with van der Waals surface area (Å²) in [7, 11) is 0. The van der Waals surface area contributed by atoms with E-state index in [4.69, 9.17) is 0 Å². The van der Waals surface area contributed by atoms with Gasteiger partial charge >= 0.3 is 0 Å². The lowest BCUT2D eigenvalue weighted by molar-refractivity contribution is 0.112. The Bertz CT molecular complexity index is 479. The molecule has 0 aliphatic heterocycles. The van der Waals surface area contributed by atoms with Crippen molar-refractivity contribution in [3.05, 3.63) is 41.2 Å². The number of hydrogen-bond acceptors (Lipinski definition) is 5. The first kappa shape index (κ1) is 10.9. The number of hydrogen-bond donors (Lipinski definition) is 0. The van der Waals surface area contributed by atoms with Crippen LogP contribution < -0.4 is 0 Å². The molecule has 0 bridgehead atoms. The molecule has 2 aromatic rings. The van der Waals surface area contributed by atoms with Crippen LogP contribution in [0.1, 0.15) is 21.7 Å². The Hall–Kier alpha value is -1.62. The summed E-state index contributed by atoms with van der Waals surface area (Å²) in [5, 5.41) is 7.51. The minimum absolute atomic E-state index is 0.684. The molecule has 1 aromatic heterocycles. The molecule has 0 N–H and O–H groups in total. The van der Waals surface area contributed by atoms with Crippen molar-refractivity contribution in [1.82, 2.24) is 10.3 Å². The van der Waals surface area contributed by atoms with Crippen molar-refractivity contribution >= 4 is 18.0 Å². The van der Waals surface area contributed by atoms with Gasteiger partial charge in [0.1, 0.15) is 17.7 Å². The molecule has 0 amide bonds. The first-order valence-electron chi connectivity index (χ1n) is 4.75. The van der Waals surface area contributed by atoms with Crippen molar-refractivity contribution in [2.45, 2.75) is 17.6 Å². The van der Waals surface area contributed by atoms with Gasteiger partial charge in [-0.05, 0) is 19.1 Å². The number of rotatable bonds is 4. The molecule has 16 heavy (non-hydrogen) atoms. The van der Waals surface area contributed by atoms with Crippen molar-refractivity contribution in [3.8, 4) is 0 Å². The van der Waals surface area contributed by atoms with Crippen LogP contribution in [-0.2, 0) is 5.75 Å². The molecule has 0 fully saturated rings. The van der Waals surface area contributed by atoms with E-state index in [1.807, 2.05) is 19.1 Å². The summed E-state index contributed by atoms with van der Waals surface area (Å²) in [6, 6.07) is 7.42. The molecule has 4 nitrogen and oxygen atoms in total. The Morgan fingerprint density at radius 2 is 2.06 bits per heavy atom. The van der Waals surface area contributed by atoms with Crippen molar-refractivity contribution in [3.63, 3.8) is 0 Å². The van der Waals surface area contributed by atoms with E-state index in [0.29, 0.717) is 5.56 Å². The Kier molecular flexibility index (Phi) is 3.36. The molecule has 5 heteroatoms. The lowest BCUT2D eigenvalue weighted by atomic mass is 10.2. The largest absolute Gasteiger partial charge is 0.298 e. The molecule has 0 atom stereocenters. The fourth-order valence-electron chi connectivity index (χ4n) is 1.17. The van der Waals surface area contributed by atoms with Crippen molar-refractivity contribution in [2.75, 3.05) is 0 Å². The second kappa shape index (κ2) is 4.94. The van der Waals surface area contributed by atoms with E-state index in [2.05, 4.69) is 14.9 Å². The summed E-state index contributed by atoms with van der Waals surface area (Å²) < 4.78 is 4.61. The van der Waals surface area contributed by atoms with Crippen molar-refractivity contribution < 1.29 is 9.42 Å². The van der Waals surface area contributed by atoms with Crippen LogP contribution in [0.5, 0.6) is 0 Å². The van der Waals surface area contributed by atoms with E-state index in [1.54, 1.807) is 23.9 Å². The molecular formula is C11H10N2O2S. The number of carbonyl (C=O) groups excluding carboxylic acids is 1. The zero-order valence-electron chi connectivity index (χ0n) is 8.71. The van der Waals surface area contributed by atoms with Crippen LogP contribution in [0.3, 0.4) is 0 Å². The van der Waals surface area contributed by atoms with Gasteiger partial charge in [0, 0.05) is 16.2 Å². The number of aromatic nitrogens is 2. The van der Waals surface area contributed by atoms with E-state index in [9.17, 15) is 4.79 Å². The van der Waals surface area contributed by atoms with Crippen LogP contribution in [0.4, 0.5) is 0 Å². The van der Waals surface area contributed by atoms with Gasteiger partial charge in [0.05, 0.1) is 0 Å². The highest BCUT2D eigenvalue weighted by molar-refractivity contribution is 7.98. The van der Waals surface area contributed by atoms with E-state index in [-0.39, 0.29) is 0 Å². The SMILES string of the molecule is Cc1nonc1CSc1ccc(C=O)cc1. The van der Waals surface area contributed by atoms with Crippen molar-refractivity contribution in [2.24, 2.45) is 0 Å². The molecule has 2 rings (SSSR count). The number of carbonyl (C=O) groups is 1. The molecule has 0 saturated carbocycles. The second-order valence-corrected chi connectivity index (χ2v) is 4.32. The van der Waals surface area contributed by atoms with Crippen molar-refractivity contribution in [1.29, 1.82) is 0 Å². The number of thioether (sulfide) groups is 1. The van der Waals surface area contributed by atoms with Gasteiger partial charge in [0.2, 0.25) is 0 Å². The van der Waals surface area contributed by atoms with Crippen LogP contribution in [0.15, 0.2) is 33.8 Å². The Morgan fingerprint density at radius 3 is 2.62 bits per heavy atom. The molecule has 0 unspecified atom stereocenters. The van der Waals surface area contributed by atoms with Gasteiger partial charge in [-0.3, -0.25) is 4.79 Å². The van der Waals surface area contributed by atoms with E-state index in [0.717, 1.165) is 28.3 Å². The van der Waals surface area contributed by atoms with Gasteiger partial charge in [0.25, 0.3) is 0 Å². The van der Waals surface area contributed by atoms with E-state index >= 15 is 0 Å². The van der Waals surface area contributed by atoms with E-state index < -0.39 is 0 Å². The lowest BCUT2D eigenvalue weighted by Crippen LogP contribution is -1.85. The summed E-state index contributed by atoms with van der Waals surface area (Å²) in [6.45, 7) is 1.86. The highest BCUT2D eigenvalue weighted by Gasteiger charge is 2.05. The third-order valence-electron chi connectivity index (χ3n) is 2.14. The number of nitrogens with zero attached hydrogens (tertiary/aromatic N) is 2.